The van der Waals surface area contributed by atoms with E-state index < -0.39 is 23.7 Å². The zero-order valence-electron chi connectivity index (χ0n) is 9.82. The molecule has 0 unspecified atom stereocenters. The molecule has 0 saturated heterocycles. The molecule has 0 aromatic carbocycles. The van der Waals surface area contributed by atoms with E-state index in [9.17, 15) is 9.59 Å². The van der Waals surface area contributed by atoms with Gasteiger partial charge in [-0.2, -0.15) is 0 Å². The van der Waals surface area contributed by atoms with E-state index >= 15 is 0 Å². The molecule has 6 nitrogen and oxygen atoms in total. The summed E-state index contributed by atoms with van der Waals surface area (Å²) in [5.74, 6) is -0.968. The van der Waals surface area contributed by atoms with Crippen molar-refractivity contribution in [1.29, 1.82) is 0 Å². The first-order chi connectivity index (χ1) is 7.24. The zero-order valence-corrected chi connectivity index (χ0v) is 9.82. The molecule has 0 aliphatic rings. The number of carbonyl (C=O) groups is 2. The lowest BCUT2D eigenvalue weighted by atomic mass is 10.1. The van der Waals surface area contributed by atoms with Crippen LogP contribution in [-0.4, -0.2) is 40.5 Å². The van der Waals surface area contributed by atoms with Gasteiger partial charge in [-0.25, -0.2) is 4.79 Å². The van der Waals surface area contributed by atoms with Gasteiger partial charge in [-0.3, -0.25) is 4.79 Å². The van der Waals surface area contributed by atoms with Crippen molar-refractivity contribution >= 4 is 12.1 Å². The van der Waals surface area contributed by atoms with Gasteiger partial charge >= 0.3 is 12.1 Å². The fraction of sp³-hybridized carbons (Fsp3) is 0.800. The van der Waals surface area contributed by atoms with E-state index in [1.807, 2.05) is 0 Å². The molecule has 1 amide bonds. The summed E-state index contributed by atoms with van der Waals surface area (Å²) in [6, 6.07) is -0.592. The van der Waals surface area contributed by atoms with Gasteiger partial charge in [0.15, 0.2) is 0 Å². The summed E-state index contributed by atoms with van der Waals surface area (Å²) < 4.78 is 4.97. The molecular formula is C10H19NO5. The van der Waals surface area contributed by atoms with Gasteiger partial charge in [-0.1, -0.05) is 0 Å². The Labute approximate surface area is 94.6 Å². The van der Waals surface area contributed by atoms with Crippen molar-refractivity contribution in [2.45, 2.75) is 45.3 Å². The van der Waals surface area contributed by atoms with E-state index in [1.165, 1.54) is 0 Å². The number of nitrogens with one attached hydrogen (secondary N) is 1. The summed E-state index contributed by atoms with van der Waals surface area (Å²) in [5.41, 5.74) is -0.614. The lowest BCUT2D eigenvalue weighted by molar-refractivity contribution is -0.137. The normalized spacial score (nSPS) is 13.0. The Hall–Kier alpha value is -1.30. The molecule has 0 aromatic heterocycles. The number of carboxylic acids is 1. The second-order valence-corrected chi connectivity index (χ2v) is 4.46. The molecule has 0 aliphatic carbocycles. The second kappa shape index (κ2) is 6.32. The van der Waals surface area contributed by atoms with E-state index in [0.29, 0.717) is 0 Å². The Morgan fingerprint density at radius 3 is 2.31 bits per heavy atom. The van der Waals surface area contributed by atoms with Crippen LogP contribution >= 0.6 is 0 Å². The molecule has 3 N–H and O–H groups in total. The van der Waals surface area contributed by atoms with Crippen molar-refractivity contribution in [2.75, 3.05) is 6.61 Å². The minimum Gasteiger partial charge on any atom is -0.481 e. The molecule has 0 heterocycles. The molecule has 0 aromatic rings. The first-order valence-electron chi connectivity index (χ1n) is 5.07. The highest BCUT2D eigenvalue weighted by molar-refractivity contribution is 5.69. The molecule has 0 spiro atoms. The Kier molecular flexibility index (Phi) is 5.81. The van der Waals surface area contributed by atoms with Gasteiger partial charge in [0.05, 0.1) is 12.6 Å². The van der Waals surface area contributed by atoms with Crippen LogP contribution in [-0.2, 0) is 9.53 Å². The molecule has 0 aliphatic heterocycles. The molecule has 0 bridgehead atoms. The molecule has 0 radical (unpaired) electrons. The summed E-state index contributed by atoms with van der Waals surface area (Å²) in [5, 5.41) is 19.8. The van der Waals surface area contributed by atoms with Gasteiger partial charge in [0.2, 0.25) is 0 Å². The first-order valence-corrected chi connectivity index (χ1v) is 5.07. The predicted molar refractivity (Wildman–Crippen MR) is 57.1 cm³/mol. The molecular weight excluding hydrogens is 214 g/mol. The largest absolute Gasteiger partial charge is 0.481 e. The van der Waals surface area contributed by atoms with Crippen molar-refractivity contribution < 1.29 is 24.5 Å². The molecule has 6 heteroatoms. The van der Waals surface area contributed by atoms with Crippen LogP contribution in [0.3, 0.4) is 0 Å². The highest BCUT2D eigenvalue weighted by atomic mass is 16.6. The second-order valence-electron chi connectivity index (χ2n) is 4.46. The number of carbonyl (C=O) groups excluding carboxylic acids is 1. The Balaban J connectivity index is 4.02. The van der Waals surface area contributed by atoms with Gasteiger partial charge in [0.1, 0.15) is 5.60 Å². The number of aliphatic carboxylic acids is 1. The number of carboxylic acid groups (broad SMARTS) is 1. The van der Waals surface area contributed by atoms with Crippen molar-refractivity contribution in [3.8, 4) is 0 Å². The van der Waals surface area contributed by atoms with Crippen molar-refractivity contribution in [3.05, 3.63) is 0 Å². The van der Waals surface area contributed by atoms with Crippen LogP contribution in [0.1, 0.15) is 33.6 Å². The van der Waals surface area contributed by atoms with Crippen LogP contribution in [0.5, 0.6) is 0 Å². The number of aliphatic hydroxyl groups excluding tert-OH is 1. The van der Waals surface area contributed by atoms with Crippen LogP contribution < -0.4 is 5.32 Å². The molecule has 16 heavy (non-hydrogen) atoms. The van der Waals surface area contributed by atoms with Crippen LogP contribution in [0.4, 0.5) is 4.79 Å². The average Bonchev–Trinajstić information content (AvgIpc) is 2.08. The number of alkyl carbamates (subject to hydrolysis) is 1. The predicted octanol–water partition coefficient (Wildman–Crippen LogP) is 0.737. The summed E-state index contributed by atoms with van der Waals surface area (Å²) in [6.07, 6.45) is -0.594. The molecule has 0 saturated carbocycles. The first kappa shape index (κ1) is 14.7. The van der Waals surface area contributed by atoms with Gasteiger partial charge < -0.3 is 20.3 Å². The lowest BCUT2D eigenvalue weighted by Crippen LogP contribution is -2.41. The average molecular weight is 233 g/mol. The van der Waals surface area contributed by atoms with Crippen molar-refractivity contribution in [3.63, 3.8) is 0 Å². The van der Waals surface area contributed by atoms with Crippen molar-refractivity contribution in [2.24, 2.45) is 0 Å². The Morgan fingerprint density at radius 2 is 1.94 bits per heavy atom. The van der Waals surface area contributed by atoms with Crippen LogP contribution in [0.15, 0.2) is 0 Å². The maximum Gasteiger partial charge on any atom is 0.407 e. The van der Waals surface area contributed by atoms with Gasteiger partial charge in [-0.15, -0.1) is 0 Å². The van der Waals surface area contributed by atoms with Gasteiger partial charge in [-0.05, 0) is 27.2 Å². The quantitative estimate of drug-likeness (QED) is 0.650. The minimum atomic E-state index is -0.968. The zero-order chi connectivity index (χ0) is 12.8. The monoisotopic (exact) mass is 233 g/mol. The molecule has 94 valence electrons. The van der Waals surface area contributed by atoms with Gasteiger partial charge in [0, 0.05) is 6.42 Å². The highest BCUT2D eigenvalue weighted by Gasteiger charge is 2.19. The molecule has 0 fully saturated rings. The maximum atomic E-state index is 11.3. The third kappa shape index (κ3) is 8.05. The number of aliphatic hydroxyl groups is 1. The van der Waals surface area contributed by atoms with Gasteiger partial charge in [0.25, 0.3) is 0 Å². The Bertz CT molecular complexity index is 246. The van der Waals surface area contributed by atoms with E-state index in [-0.39, 0.29) is 19.4 Å². The van der Waals surface area contributed by atoms with Crippen LogP contribution in [0.25, 0.3) is 0 Å². The summed E-state index contributed by atoms with van der Waals surface area (Å²) >= 11 is 0. The fourth-order valence-electron chi connectivity index (χ4n) is 0.981. The lowest BCUT2D eigenvalue weighted by Gasteiger charge is -2.22. The third-order valence-corrected chi connectivity index (χ3v) is 1.65. The van der Waals surface area contributed by atoms with Crippen LogP contribution in [0, 0.1) is 0 Å². The number of amides is 1. The molecule has 0 rings (SSSR count). The number of hydrogen-bond acceptors (Lipinski definition) is 4. The SMILES string of the molecule is CC(C)(C)OC(=O)N[C@H](CO)CCC(=O)O. The van der Waals surface area contributed by atoms with E-state index in [4.69, 9.17) is 14.9 Å². The summed E-state index contributed by atoms with van der Waals surface area (Å²) in [7, 11) is 0. The fourth-order valence-corrected chi connectivity index (χ4v) is 0.981. The van der Waals surface area contributed by atoms with E-state index in [2.05, 4.69) is 5.32 Å². The standard InChI is InChI=1S/C10H19NO5/c1-10(2,3)16-9(15)11-7(6-12)4-5-8(13)14/h7,12H,4-6H2,1-3H3,(H,11,15)(H,13,14)/t7-/m0/s1. The van der Waals surface area contributed by atoms with Crippen LogP contribution in [0.2, 0.25) is 0 Å². The number of rotatable bonds is 5. The summed E-state index contributed by atoms with van der Waals surface area (Å²) in [4.78, 5) is 21.6. The third-order valence-electron chi connectivity index (χ3n) is 1.65. The van der Waals surface area contributed by atoms with Crippen molar-refractivity contribution in [1.82, 2.24) is 5.32 Å². The number of ether oxygens (including phenoxy) is 1. The number of hydrogen-bond donors (Lipinski definition) is 3. The smallest absolute Gasteiger partial charge is 0.407 e. The van der Waals surface area contributed by atoms with E-state index in [1.54, 1.807) is 20.8 Å². The topological polar surface area (TPSA) is 95.9 Å². The maximum absolute atomic E-state index is 11.3. The van der Waals surface area contributed by atoms with E-state index in [0.717, 1.165) is 0 Å². The Morgan fingerprint density at radius 1 is 1.38 bits per heavy atom. The minimum absolute atomic E-state index is 0.110. The molecule has 1 atom stereocenters. The summed E-state index contributed by atoms with van der Waals surface area (Å²) in [6.45, 7) is 4.85. The highest BCUT2D eigenvalue weighted by Crippen LogP contribution is 2.07.